The fourth-order valence-electron chi connectivity index (χ4n) is 2.21. The van der Waals surface area contributed by atoms with Gasteiger partial charge >= 0.3 is 11.8 Å². The maximum atomic E-state index is 11.7. The van der Waals surface area contributed by atoms with Crippen molar-refractivity contribution in [1.29, 1.82) is 0 Å². The summed E-state index contributed by atoms with van der Waals surface area (Å²) in [7, 11) is 0. The van der Waals surface area contributed by atoms with E-state index in [2.05, 4.69) is 11.1 Å². The van der Waals surface area contributed by atoms with Crippen molar-refractivity contribution < 1.29 is 9.59 Å². The van der Waals surface area contributed by atoms with Gasteiger partial charge in [0, 0.05) is 18.3 Å². The van der Waals surface area contributed by atoms with Crippen LogP contribution in [0.25, 0.3) is 6.08 Å². The Kier molecular flexibility index (Phi) is 3.94. The van der Waals surface area contributed by atoms with Crippen molar-refractivity contribution in [3.05, 3.63) is 35.2 Å². The van der Waals surface area contributed by atoms with Gasteiger partial charge in [0.1, 0.15) is 0 Å². The van der Waals surface area contributed by atoms with Gasteiger partial charge in [0.25, 0.3) is 0 Å². The molecule has 0 saturated heterocycles. The fraction of sp³-hybridized carbons (Fsp3) is 0.357. The molecule has 0 aliphatic heterocycles. The molecule has 0 fully saturated rings. The number of aromatic nitrogens is 1. The van der Waals surface area contributed by atoms with Gasteiger partial charge < -0.3 is 10.6 Å². The van der Waals surface area contributed by atoms with Crippen LogP contribution in [0.15, 0.2) is 18.3 Å². The number of carbonyl (C=O) groups excluding carboxylic acids is 2. The standard InChI is InChI=1S/C14H17N3O2/c1-2-17(14(19)13(15)18)9-12-11-6-4-3-5-10(11)7-8-16-12/h4,6-8H,2-3,5,9H2,1H3,(H2,15,18). The van der Waals surface area contributed by atoms with E-state index in [0.717, 1.165) is 24.1 Å². The van der Waals surface area contributed by atoms with E-state index in [4.69, 9.17) is 5.73 Å². The third kappa shape index (κ3) is 2.81. The SMILES string of the molecule is CCN(Cc1nccc2c1C=CCC2)C(=O)C(N)=O. The highest BCUT2D eigenvalue weighted by Gasteiger charge is 2.20. The normalized spacial score (nSPS) is 12.9. The van der Waals surface area contributed by atoms with Crippen molar-refractivity contribution in [1.82, 2.24) is 9.88 Å². The summed E-state index contributed by atoms with van der Waals surface area (Å²) in [4.78, 5) is 28.4. The summed E-state index contributed by atoms with van der Waals surface area (Å²) < 4.78 is 0. The lowest BCUT2D eigenvalue weighted by molar-refractivity contribution is -0.144. The van der Waals surface area contributed by atoms with Crippen LogP contribution in [0.1, 0.15) is 30.2 Å². The summed E-state index contributed by atoms with van der Waals surface area (Å²) >= 11 is 0. The van der Waals surface area contributed by atoms with Gasteiger partial charge in [0.15, 0.2) is 0 Å². The van der Waals surface area contributed by atoms with Crippen LogP contribution in [0.3, 0.4) is 0 Å². The first-order valence-electron chi connectivity index (χ1n) is 6.35. The Balaban J connectivity index is 2.26. The quantitative estimate of drug-likeness (QED) is 0.818. The molecule has 0 aromatic carbocycles. The van der Waals surface area contributed by atoms with E-state index in [1.54, 1.807) is 6.20 Å². The van der Waals surface area contributed by atoms with Crippen LogP contribution >= 0.6 is 0 Å². The lowest BCUT2D eigenvalue weighted by Gasteiger charge is -2.21. The predicted octanol–water partition coefficient (Wildman–Crippen LogP) is 0.875. The van der Waals surface area contributed by atoms with Crippen LogP contribution in [-0.2, 0) is 22.6 Å². The molecule has 2 amide bonds. The molecule has 1 aliphatic rings. The molecule has 2 rings (SSSR count). The molecule has 0 spiro atoms. The number of allylic oxidation sites excluding steroid dienone is 1. The molecular formula is C14H17N3O2. The summed E-state index contributed by atoms with van der Waals surface area (Å²) in [5, 5.41) is 0. The highest BCUT2D eigenvalue weighted by atomic mass is 16.2. The van der Waals surface area contributed by atoms with Gasteiger partial charge in [0.2, 0.25) is 0 Å². The number of hydrogen-bond acceptors (Lipinski definition) is 3. The second-order valence-corrected chi connectivity index (χ2v) is 4.46. The van der Waals surface area contributed by atoms with Gasteiger partial charge in [-0.2, -0.15) is 0 Å². The van der Waals surface area contributed by atoms with E-state index in [-0.39, 0.29) is 0 Å². The van der Waals surface area contributed by atoms with Crippen molar-refractivity contribution in [2.45, 2.75) is 26.3 Å². The Bertz CT molecular complexity index is 537. The zero-order chi connectivity index (χ0) is 13.8. The number of pyridine rings is 1. The van der Waals surface area contributed by atoms with E-state index in [0.29, 0.717) is 13.1 Å². The van der Waals surface area contributed by atoms with Crippen molar-refractivity contribution in [2.75, 3.05) is 6.54 Å². The highest BCUT2D eigenvalue weighted by Crippen LogP contribution is 2.22. The van der Waals surface area contributed by atoms with E-state index in [1.165, 1.54) is 10.5 Å². The van der Waals surface area contributed by atoms with Crippen LogP contribution in [0.5, 0.6) is 0 Å². The van der Waals surface area contributed by atoms with Crippen molar-refractivity contribution in [3.63, 3.8) is 0 Å². The number of amides is 2. The van der Waals surface area contributed by atoms with E-state index >= 15 is 0 Å². The van der Waals surface area contributed by atoms with Crippen LogP contribution in [0.2, 0.25) is 0 Å². The van der Waals surface area contributed by atoms with Gasteiger partial charge in [-0.25, -0.2) is 0 Å². The molecule has 1 heterocycles. The summed E-state index contributed by atoms with van der Waals surface area (Å²) in [6.45, 7) is 2.55. The number of likely N-dealkylation sites (N-methyl/N-ethyl adjacent to an activating group) is 1. The predicted molar refractivity (Wildman–Crippen MR) is 71.9 cm³/mol. The van der Waals surface area contributed by atoms with Crippen molar-refractivity contribution in [3.8, 4) is 0 Å². The number of hydrogen-bond donors (Lipinski definition) is 1. The molecule has 0 bridgehead atoms. The van der Waals surface area contributed by atoms with Crippen molar-refractivity contribution in [2.24, 2.45) is 5.73 Å². The largest absolute Gasteiger partial charge is 0.361 e. The maximum absolute atomic E-state index is 11.7. The zero-order valence-corrected chi connectivity index (χ0v) is 10.9. The summed E-state index contributed by atoms with van der Waals surface area (Å²) in [5.74, 6) is -1.59. The lowest BCUT2D eigenvalue weighted by Crippen LogP contribution is -2.40. The second-order valence-electron chi connectivity index (χ2n) is 4.46. The van der Waals surface area contributed by atoms with E-state index in [9.17, 15) is 9.59 Å². The Morgan fingerprint density at radius 3 is 2.95 bits per heavy atom. The molecule has 1 aliphatic carbocycles. The topological polar surface area (TPSA) is 76.3 Å². The monoisotopic (exact) mass is 259 g/mol. The van der Waals surface area contributed by atoms with E-state index < -0.39 is 11.8 Å². The van der Waals surface area contributed by atoms with Gasteiger partial charge in [-0.3, -0.25) is 14.6 Å². The summed E-state index contributed by atoms with van der Waals surface area (Å²) in [6, 6.07) is 1.99. The number of primary amides is 1. The molecule has 0 saturated carbocycles. The Morgan fingerprint density at radius 2 is 2.26 bits per heavy atom. The van der Waals surface area contributed by atoms with Crippen LogP contribution in [0, 0.1) is 0 Å². The first kappa shape index (κ1) is 13.3. The van der Waals surface area contributed by atoms with Crippen molar-refractivity contribution >= 4 is 17.9 Å². The number of nitrogens with zero attached hydrogens (tertiary/aromatic N) is 2. The third-order valence-corrected chi connectivity index (χ3v) is 3.25. The molecule has 100 valence electrons. The second kappa shape index (κ2) is 5.65. The minimum atomic E-state index is -0.929. The molecule has 5 nitrogen and oxygen atoms in total. The molecule has 5 heteroatoms. The number of aryl methyl sites for hydroxylation is 1. The van der Waals surface area contributed by atoms with Gasteiger partial charge in [0.05, 0.1) is 12.2 Å². The molecular weight excluding hydrogens is 242 g/mol. The minimum Gasteiger partial charge on any atom is -0.361 e. The lowest BCUT2D eigenvalue weighted by atomic mass is 9.96. The van der Waals surface area contributed by atoms with Gasteiger partial charge in [-0.1, -0.05) is 12.2 Å². The smallest absolute Gasteiger partial charge is 0.312 e. The summed E-state index contributed by atoms with van der Waals surface area (Å²) in [6.07, 6.45) is 7.88. The maximum Gasteiger partial charge on any atom is 0.312 e. The van der Waals surface area contributed by atoms with Crippen LogP contribution in [-0.4, -0.2) is 28.2 Å². The molecule has 1 aromatic rings. The van der Waals surface area contributed by atoms with Gasteiger partial charge in [-0.15, -0.1) is 0 Å². The minimum absolute atomic E-state index is 0.311. The number of rotatable bonds is 3. The molecule has 2 N–H and O–H groups in total. The van der Waals surface area contributed by atoms with Crippen LogP contribution < -0.4 is 5.73 Å². The summed E-state index contributed by atoms with van der Waals surface area (Å²) in [5.41, 5.74) is 8.14. The number of fused-ring (bicyclic) bond motifs is 1. The zero-order valence-electron chi connectivity index (χ0n) is 10.9. The first-order valence-corrected chi connectivity index (χ1v) is 6.35. The number of nitrogens with two attached hydrogens (primary N) is 1. The first-order chi connectivity index (χ1) is 9.13. The van der Waals surface area contributed by atoms with E-state index in [1.807, 2.05) is 19.1 Å². The van der Waals surface area contributed by atoms with Crippen LogP contribution in [0.4, 0.5) is 0 Å². The molecule has 19 heavy (non-hydrogen) atoms. The number of carbonyl (C=O) groups is 2. The highest BCUT2D eigenvalue weighted by molar-refractivity contribution is 6.34. The average molecular weight is 259 g/mol. The Labute approximate surface area is 112 Å². The molecule has 0 radical (unpaired) electrons. The van der Waals surface area contributed by atoms with Gasteiger partial charge in [-0.05, 0) is 31.4 Å². The molecule has 0 atom stereocenters. The Morgan fingerprint density at radius 1 is 1.47 bits per heavy atom. The third-order valence-electron chi connectivity index (χ3n) is 3.25. The molecule has 1 aromatic heterocycles. The Hall–Kier alpha value is -2.17. The average Bonchev–Trinajstić information content (AvgIpc) is 2.44. The molecule has 0 unspecified atom stereocenters. The fourth-order valence-corrected chi connectivity index (χ4v) is 2.21.